The molecule has 7 nitrogen and oxygen atoms in total. The molecule has 8 heteroatoms. The second-order valence-corrected chi connectivity index (χ2v) is 5.42. The van der Waals surface area contributed by atoms with E-state index < -0.39 is 0 Å². The Morgan fingerprint density at radius 3 is 2.95 bits per heavy atom. The molecular formula is C12H15ClN6O. The van der Waals surface area contributed by atoms with Crippen molar-refractivity contribution in [2.24, 2.45) is 13.0 Å². The summed E-state index contributed by atoms with van der Waals surface area (Å²) in [6.45, 7) is 1.05. The number of halogens is 1. The maximum Gasteiger partial charge on any atom is 0.291 e. The maximum atomic E-state index is 12.3. The van der Waals surface area contributed by atoms with E-state index in [-0.39, 0.29) is 5.56 Å². The van der Waals surface area contributed by atoms with Crippen molar-refractivity contribution >= 4 is 17.3 Å². The van der Waals surface area contributed by atoms with E-state index in [0.29, 0.717) is 29.7 Å². The van der Waals surface area contributed by atoms with Gasteiger partial charge in [-0.1, -0.05) is 11.6 Å². The lowest BCUT2D eigenvalue weighted by atomic mass is 10.4. The van der Waals surface area contributed by atoms with Crippen molar-refractivity contribution in [3.63, 3.8) is 0 Å². The van der Waals surface area contributed by atoms with Crippen LogP contribution in [0.4, 0.5) is 5.69 Å². The standard InChI is InChI=1S/C12H15ClN6O/c1-18-7-15-17-10(18)5-14-11-9(13)4-16-19(12(11)20)6-8-2-3-8/h4,7-8,14H,2-3,5-6H2,1H3. The zero-order chi connectivity index (χ0) is 14.1. The second-order valence-electron chi connectivity index (χ2n) is 5.01. The van der Waals surface area contributed by atoms with E-state index in [9.17, 15) is 4.79 Å². The number of rotatable bonds is 5. The number of hydrogen-bond acceptors (Lipinski definition) is 5. The molecule has 0 bridgehead atoms. The zero-order valence-corrected chi connectivity index (χ0v) is 11.8. The Bertz CT molecular complexity index is 675. The Morgan fingerprint density at radius 2 is 2.30 bits per heavy atom. The van der Waals surface area contributed by atoms with Crippen LogP contribution in [0, 0.1) is 5.92 Å². The van der Waals surface area contributed by atoms with Gasteiger partial charge in [0.25, 0.3) is 5.56 Å². The highest BCUT2D eigenvalue weighted by Gasteiger charge is 2.23. The number of anilines is 1. The Hall–Kier alpha value is -1.89. The first kappa shape index (κ1) is 13.1. The molecule has 2 aromatic rings. The smallest absolute Gasteiger partial charge is 0.291 e. The summed E-state index contributed by atoms with van der Waals surface area (Å²) in [6, 6.07) is 0. The molecule has 1 fully saturated rings. The molecule has 0 unspecified atom stereocenters. The molecule has 0 spiro atoms. The molecule has 0 saturated heterocycles. The zero-order valence-electron chi connectivity index (χ0n) is 11.1. The number of aryl methyl sites for hydroxylation is 1. The summed E-state index contributed by atoms with van der Waals surface area (Å²) in [4.78, 5) is 12.3. The fraction of sp³-hybridized carbons (Fsp3) is 0.500. The molecular weight excluding hydrogens is 280 g/mol. The van der Waals surface area contributed by atoms with Crippen molar-refractivity contribution < 1.29 is 0 Å². The molecule has 0 aromatic carbocycles. The van der Waals surface area contributed by atoms with Gasteiger partial charge in [-0.2, -0.15) is 5.10 Å². The van der Waals surface area contributed by atoms with Gasteiger partial charge in [-0.25, -0.2) is 4.68 Å². The highest BCUT2D eigenvalue weighted by Crippen LogP contribution is 2.30. The Kier molecular flexibility index (Phi) is 3.43. The van der Waals surface area contributed by atoms with Gasteiger partial charge in [0.05, 0.1) is 17.8 Å². The van der Waals surface area contributed by atoms with Crippen LogP contribution in [0.3, 0.4) is 0 Å². The van der Waals surface area contributed by atoms with Crippen molar-refractivity contribution in [2.75, 3.05) is 5.32 Å². The van der Waals surface area contributed by atoms with Crippen LogP contribution in [0.2, 0.25) is 5.02 Å². The minimum absolute atomic E-state index is 0.188. The van der Waals surface area contributed by atoms with E-state index in [0.717, 1.165) is 5.82 Å². The predicted octanol–water partition coefficient (Wildman–Crippen LogP) is 1.05. The minimum atomic E-state index is -0.188. The second kappa shape index (κ2) is 5.24. The highest BCUT2D eigenvalue weighted by molar-refractivity contribution is 6.32. The molecule has 3 rings (SSSR count). The van der Waals surface area contributed by atoms with Gasteiger partial charge in [-0.05, 0) is 18.8 Å². The normalized spacial score (nSPS) is 14.5. The molecule has 1 saturated carbocycles. The quantitative estimate of drug-likeness (QED) is 0.892. The first-order valence-corrected chi connectivity index (χ1v) is 6.85. The van der Waals surface area contributed by atoms with Crippen molar-refractivity contribution in [3.8, 4) is 0 Å². The third-order valence-corrected chi connectivity index (χ3v) is 3.64. The summed E-state index contributed by atoms with van der Waals surface area (Å²) >= 11 is 6.05. The number of nitrogens with one attached hydrogen (secondary N) is 1. The van der Waals surface area contributed by atoms with Crippen LogP contribution >= 0.6 is 11.6 Å². The Labute approximate surface area is 120 Å². The van der Waals surface area contributed by atoms with Crippen molar-refractivity contribution in [3.05, 3.63) is 33.7 Å². The number of aromatic nitrogens is 5. The van der Waals surface area contributed by atoms with Crippen LogP contribution in [0.1, 0.15) is 18.7 Å². The van der Waals surface area contributed by atoms with Crippen LogP contribution in [0.25, 0.3) is 0 Å². The molecule has 0 radical (unpaired) electrons. The minimum Gasteiger partial charge on any atom is -0.372 e. The van der Waals surface area contributed by atoms with Gasteiger partial charge in [-0.15, -0.1) is 10.2 Å². The molecule has 2 aromatic heterocycles. The van der Waals surface area contributed by atoms with Crippen LogP contribution in [-0.4, -0.2) is 24.5 Å². The van der Waals surface area contributed by atoms with Crippen molar-refractivity contribution in [2.45, 2.75) is 25.9 Å². The summed E-state index contributed by atoms with van der Waals surface area (Å²) in [7, 11) is 1.84. The lowest BCUT2D eigenvalue weighted by molar-refractivity contribution is 0.534. The van der Waals surface area contributed by atoms with E-state index in [1.165, 1.54) is 23.7 Å². The van der Waals surface area contributed by atoms with Gasteiger partial charge in [0.1, 0.15) is 12.0 Å². The summed E-state index contributed by atoms with van der Waals surface area (Å²) in [6.07, 6.45) is 5.44. The summed E-state index contributed by atoms with van der Waals surface area (Å²) in [5, 5.41) is 15.2. The molecule has 2 heterocycles. The molecule has 1 aliphatic carbocycles. The first-order valence-electron chi connectivity index (χ1n) is 6.47. The molecule has 20 heavy (non-hydrogen) atoms. The van der Waals surface area contributed by atoms with E-state index in [2.05, 4.69) is 20.6 Å². The summed E-state index contributed by atoms with van der Waals surface area (Å²) in [5.74, 6) is 1.30. The predicted molar refractivity (Wildman–Crippen MR) is 74.6 cm³/mol. The topological polar surface area (TPSA) is 77.6 Å². The molecule has 106 valence electrons. The average Bonchev–Trinajstić information content (AvgIpc) is 3.15. The van der Waals surface area contributed by atoms with Gasteiger partial charge < -0.3 is 9.88 Å². The maximum absolute atomic E-state index is 12.3. The summed E-state index contributed by atoms with van der Waals surface area (Å²) in [5.41, 5.74) is 0.178. The van der Waals surface area contributed by atoms with E-state index in [4.69, 9.17) is 11.6 Å². The van der Waals surface area contributed by atoms with Gasteiger partial charge in [0.15, 0.2) is 5.82 Å². The lowest BCUT2D eigenvalue weighted by Crippen LogP contribution is -2.27. The molecule has 0 atom stereocenters. The third-order valence-electron chi connectivity index (χ3n) is 3.35. The highest BCUT2D eigenvalue weighted by atomic mass is 35.5. The first-order chi connectivity index (χ1) is 9.65. The average molecular weight is 295 g/mol. The van der Waals surface area contributed by atoms with Gasteiger partial charge >= 0.3 is 0 Å². The Morgan fingerprint density at radius 1 is 1.50 bits per heavy atom. The number of nitrogens with zero attached hydrogens (tertiary/aromatic N) is 5. The van der Waals surface area contributed by atoms with Crippen LogP contribution in [0.15, 0.2) is 17.3 Å². The van der Waals surface area contributed by atoms with Crippen molar-refractivity contribution in [1.82, 2.24) is 24.5 Å². The monoisotopic (exact) mass is 294 g/mol. The van der Waals surface area contributed by atoms with Gasteiger partial charge in [0.2, 0.25) is 0 Å². The lowest BCUT2D eigenvalue weighted by Gasteiger charge is -2.10. The van der Waals surface area contributed by atoms with E-state index >= 15 is 0 Å². The van der Waals surface area contributed by atoms with E-state index in [1.54, 1.807) is 10.9 Å². The fourth-order valence-corrected chi connectivity index (χ4v) is 2.13. The summed E-state index contributed by atoms with van der Waals surface area (Å²) < 4.78 is 3.26. The van der Waals surface area contributed by atoms with Crippen LogP contribution < -0.4 is 10.9 Å². The van der Waals surface area contributed by atoms with E-state index in [1.807, 2.05) is 7.05 Å². The van der Waals surface area contributed by atoms with Crippen LogP contribution in [0.5, 0.6) is 0 Å². The molecule has 1 aliphatic rings. The fourth-order valence-electron chi connectivity index (χ4n) is 1.94. The molecule has 0 amide bonds. The number of hydrogen-bond donors (Lipinski definition) is 1. The molecule has 0 aliphatic heterocycles. The van der Waals surface area contributed by atoms with Gasteiger partial charge in [0, 0.05) is 13.6 Å². The van der Waals surface area contributed by atoms with Crippen LogP contribution in [-0.2, 0) is 20.1 Å². The third kappa shape index (κ3) is 2.67. The SMILES string of the molecule is Cn1cnnc1CNc1c(Cl)cnn(CC2CC2)c1=O. The largest absolute Gasteiger partial charge is 0.372 e. The molecule has 1 N–H and O–H groups in total. The van der Waals surface area contributed by atoms with Gasteiger partial charge in [-0.3, -0.25) is 4.79 Å². The van der Waals surface area contributed by atoms with Crippen molar-refractivity contribution in [1.29, 1.82) is 0 Å². The Balaban J connectivity index is 1.80.